The van der Waals surface area contributed by atoms with Crippen molar-refractivity contribution >= 4 is 29.2 Å². The summed E-state index contributed by atoms with van der Waals surface area (Å²) in [5, 5.41) is 2.75. The summed E-state index contributed by atoms with van der Waals surface area (Å²) in [5.74, 6) is -0.729. The van der Waals surface area contributed by atoms with Gasteiger partial charge in [-0.2, -0.15) is 0 Å². The standard InChI is InChI=1S/C26H24FN3O4/c1-17-5-3-8-21(13-17)30-25(32)23(15-24(31)28-20-9-11-22(34-2)12-10-20)29(26(30)33)16-18-6-4-7-19(27)14-18/h3-14,23H,15-16H2,1-2H3,(H,28,31). The number of imide groups is 1. The van der Waals surface area contributed by atoms with Crippen LogP contribution in [-0.4, -0.2) is 35.9 Å². The number of nitrogens with one attached hydrogen (secondary N) is 1. The van der Waals surface area contributed by atoms with E-state index in [1.807, 2.05) is 13.0 Å². The van der Waals surface area contributed by atoms with Gasteiger partial charge in [-0.25, -0.2) is 14.1 Å². The minimum Gasteiger partial charge on any atom is -0.497 e. The van der Waals surface area contributed by atoms with Crippen molar-refractivity contribution in [1.82, 2.24) is 4.90 Å². The Morgan fingerprint density at radius 2 is 1.76 bits per heavy atom. The van der Waals surface area contributed by atoms with Crippen molar-refractivity contribution in [1.29, 1.82) is 0 Å². The van der Waals surface area contributed by atoms with Crippen molar-refractivity contribution in [3.8, 4) is 5.75 Å². The van der Waals surface area contributed by atoms with Crippen LogP contribution in [-0.2, 0) is 16.1 Å². The second-order valence-electron chi connectivity index (χ2n) is 8.05. The lowest BCUT2D eigenvalue weighted by Gasteiger charge is -2.21. The molecule has 0 aromatic heterocycles. The zero-order chi connectivity index (χ0) is 24.2. The number of anilines is 2. The van der Waals surface area contributed by atoms with E-state index in [0.29, 0.717) is 22.7 Å². The highest BCUT2D eigenvalue weighted by Gasteiger charge is 2.46. The molecule has 8 heteroatoms. The first kappa shape index (κ1) is 23.0. The van der Waals surface area contributed by atoms with Crippen molar-refractivity contribution in [3.05, 3.63) is 89.7 Å². The van der Waals surface area contributed by atoms with Gasteiger partial charge in [-0.05, 0) is 66.6 Å². The Labute approximate surface area is 196 Å². The topological polar surface area (TPSA) is 79.0 Å². The summed E-state index contributed by atoms with van der Waals surface area (Å²) in [7, 11) is 1.55. The van der Waals surface area contributed by atoms with Crippen LogP contribution in [0.2, 0.25) is 0 Å². The Balaban J connectivity index is 1.59. The van der Waals surface area contributed by atoms with Gasteiger partial charge in [0.2, 0.25) is 5.91 Å². The molecule has 1 saturated heterocycles. The van der Waals surface area contributed by atoms with Crippen LogP contribution in [0.3, 0.4) is 0 Å². The van der Waals surface area contributed by atoms with Gasteiger partial charge in [0.1, 0.15) is 17.6 Å². The van der Waals surface area contributed by atoms with E-state index in [-0.39, 0.29) is 13.0 Å². The van der Waals surface area contributed by atoms with Gasteiger partial charge in [0.05, 0.1) is 19.2 Å². The average Bonchev–Trinajstić information content (AvgIpc) is 3.03. The number of carbonyl (C=O) groups is 3. The lowest BCUT2D eigenvalue weighted by Crippen LogP contribution is -2.37. The van der Waals surface area contributed by atoms with Gasteiger partial charge in [0.15, 0.2) is 0 Å². The lowest BCUT2D eigenvalue weighted by molar-refractivity contribution is -0.124. The quantitative estimate of drug-likeness (QED) is 0.525. The first-order valence-electron chi connectivity index (χ1n) is 10.8. The molecule has 4 rings (SSSR count). The number of benzene rings is 3. The highest BCUT2D eigenvalue weighted by Crippen LogP contribution is 2.29. The number of rotatable bonds is 7. The minimum absolute atomic E-state index is 0.00880. The third-order valence-electron chi connectivity index (χ3n) is 5.57. The summed E-state index contributed by atoms with van der Waals surface area (Å²) in [6.45, 7) is 1.85. The van der Waals surface area contributed by atoms with Gasteiger partial charge in [0, 0.05) is 12.2 Å². The highest BCUT2D eigenvalue weighted by atomic mass is 19.1. The first-order chi connectivity index (χ1) is 16.4. The summed E-state index contributed by atoms with van der Waals surface area (Å²) in [5.41, 5.74) is 2.37. The SMILES string of the molecule is COc1ccc(NC(=O)CC2C(=O)N(c3cccc(C)c3)C(=O)N2Cc2cccc(F)c2)cc1. The van der Waals surface area contributed by atoms with E-state index in [4.69, 9.17) is 4.74 Å². The van der Waals surface area contributed by atoms with E-state index >= 15 is 0 Å². The number of amides is 4. The van der Waals surface area contributed by atoms with Gasteiger partial charge >= 0.3 is 6.03 Å². The molecule has 34 heavy (non-hydrogen) atoms. The summed E-state index contributed by atoms with van der Waals surface area (Å²) in [6, 6.07) is 18.0. The fraction of sp³-hybridized carbons (Fsp3) is 0.192. The van der Waals surface area contributed by atoms with Crippen molar-refractivity contribution in [2.45, 2.75) is 25.9 Å². The van der Waals surface area contributed by atoms with Crippen LogP contribution in [0.15, 0.2) is 72.8 Å². The van der Waals surface area contributed by atoms with Crippen LogP contribution in [0.1, 0.15) is 17.5 Å². The number of hydrogen-bond donors (Lipinski definition) is 1. The van der Waals surface area contributed by atoms with E-state index in [2.05, 4.69) is 5.32 Å². The largest absolute Gasteiger partial charge is 0.497 e. The molecule has 7 nitrogen and oxygen atoms in total. The number of carbonyl (C=O) groups excluding carboxylic acids is 3. The van der Waals surface area contributed by atoms with Gasteiger partial charge in [-0.15, -0.1) is 0 Å². The van der Waals surface area contributed by atoms with Gasteiger partial charge in [-0.3, -0.25) is 9.59 Å². The van der Waals surface area contributed by atoms with Crippen LogP contribution >= 0.6 is 0 Å². The van der Waals surface area contributed by atoms with Crippen LogP contribution in [0.25, 0.3) is 0 Å². The number of aryl methyl sites for hydroxylation is 1. The van der Waals surface area contributed by atoms with Crippen LogP contribution < -0.4 is 15.0 Å². The zero-order valence-electron chi connectivity index (χ0n) is 18.8. The molecule has 0 bridgehead atoms. The second-order valence-corrected chi connectivity index (χ2v) is 8.05. The van der Waals surface area contributed by atoms with Crippen molar-refractivity contribution < 1.29 is 23.5 Å². The van der Waals surface area contributed by atoms with Gasteiger partial charge in [0.25, 0.3) is 5.91 Å². The average molecular weight is 461 g/mol. The molecule has 0 spiro atoms. The summed E-state index contributed by atoms with van der Waals surface area (Å²) in [6.07, 6.45) is -0.242. The second kappa shape index (κ2) is 9.74. The van der Waals surface area contributed by atoms with Crippen molar-refractivity contribution in [2.75, 3.05) is 17.3 Å². The van der Waals surface area contributed by atoms with Crippen LogP contribution in [0.4, 0.5) is 20.6 Å². The fourth-order valence-corrected chi connectivity index (χ4v) is 3.91. The van der Waals surface area contributed by atoms with Crippen molar-refractivity contribution in [3.63, 3.8) is 0 Å². The summed E-state index contributed by atoms with van der Waals surface area (Å²) in [4.78, 5) is 41.9. The van der Waals surface area contributed by atoms with Crippen LogP contribution in [0.5, 0.6) is 5.75 Å². The Morgan fingerprint density at radius 1 is 1.03 bits per heavy atom. The summed E-state index contributed by atoms with van der Waals surface area (Å²) >= 11 is 0. The predicted octanol–water partition coefficient (Wildman–Crippen LogP) is 4.51. The Morgan fingerprint density at radius 3 is 2.44 bits per heavy atom. The predicted molar refractivity (Wildman–Crippen MR) is 126 cm³/mol. The Bertz CT molecular complexity index is 1230. The lowest BCUT2D eigenvalue weighted by atomic mass is 10.1. The molecule has 174 valence electrons. The maximum absolute atomic E-state index is 13.8. The number of nitrogens with zero attached hydrogens (tertiary/aromatic N) is 2. The third-order valence-corrected chi connectivity index (χ3v) is 5.57. The molecule has 1 aliphatic rings. The molecular weight excluding hydrogens is 437 g/mol. The number of ether oxygens (including phenoxy) is 1. The number of halogens is 1. The monoisotopic (exact) mass is 461 g/mol. The Kier molecular flexibility index (Phi) is 6.58. The van der Waals surface area contributed by atoms with E-state index in [0.717, 1.165) is 10.5 Å². The maximum atomic E-state index is 13.8. The number of urea groups is 1. The zero-order valence-corrected chi connectivity index (χ0v) is 18.8. The van der Waals surface area contributed by atoms with E-state index in [9.17, 15) is 18.8 Å². The molecule has 0 saturated carbocycles. The minimum atomic E-state index is -1.03. The van der Waals surface area contributed by atoms with E-state index < -0.39 is 29.7 Å². The molecule has 1 heterocycles. The fourth-order valence-electron chi connectivity index (χ4n) is 3.91. The maximum Gasteiger partial charge on any atom is 0.332 e. The van der Waals surface area contributed by atoms with Gasteiger partial charge < -0.3 is 15.0 Å². The van der Waals surface area contributed by atoms with E-state index in [1.54, 1.807) is 55.6 Å². The molecule has 3 aromatic rings. The molecule has 4 amide bonds. The number of methoxy groups -OCH3 is 1. The number of hydrogen-bond acceptors (Lipinski definition) is 4. The molecular formula is C26H24FN3O4. The molecule has 0 radical (unpaired) electrons. The highest BCUT2D eigenvalue weighted by molar-refractivity contribution is 6.22. The Hall–Kier alpha value is -4.20. The summed E-state index contributed by atoms with van der Waals surface area (Å²) < 4.78 is 18.9. The smallest absolute Gasteiger partial charge is 0.332 e. The van der Waals surface area contributed by atoms with Gasteiger partial charge in [-0.1, -0.05) is 24.3 Å². The molecule has 1 unspecified atom stereocenters. The van der Waals surface area contributed by atoms with E-state index in [1.165, 1.54) is 23.1 Å². The molecule has 0 aliphatic carbocycles. The molecule has 3 aromatic carbocycles. The molecule has 1 fully saturated rings. The molecule has 1 atom stereocenters. The first-order valence-corrected chi connectivity index (χ1v) is 10.8. The molecule has 1 N–H and O–H groups in total. The van der Waals surface area contributed by atoms with Crippen molar-refractivity contribution in [2.24, 2.45) is 0 Å². The van der Waals surface area contributed by atoms with Crippen LogP contribution in [0, 0.1) is 12.7 Å². The normalized spacial score (nSPS) is 15.6. The molecule has 1 aliphatic heterocycles. The third kappa shape index (κ3) is 4.91.